The molecule has 0 aromatic heterocycles. The molecular formula is C14H18O4. The van der Waals surface area contributed by atoms with Crippen molar-refractivity contribution >= 4 is 11.9 Å². The smallest absolute Gasteiger partial charge is 0.333 e. The lowest BCUT2D eigenvalue weighted by Crippen LogP contribution is -2.49. The van der Waals surface area contributed by atoms with Gasteiger partial charge in [-0.3, -0.25) is 4.79 Å². The molecule has 1 saturated heterocycles. The predicted octanol–water partition coefficient (Wildman–Crippen LogP) is 1.69. The zero-order valence-corrected chi connectivity index (χ0v) is 10.6. The highest BCUT2D eigenvalue weighted by molar-refractivity contribution is 5.87. The standard InChI is InChI=1S/C14H18O4/c1-7(2)13(15)18-11-5-8-3-4-9(11)12-10(8)6-17-14(12)16/h8-12H,1,3-6H2,2H3. The van der Waals surface area contributed by atoms with Crippen molar-refractivity contribution < 1.29 is 19.1 Å². The number of esters is 2. The Morgan fingerprint density at radius 3 is 2.89 bits per heavy atom. The van der Waals surface area contributed by atoms with Crippen molar-refractivity contribution in [3.63, 3.8) is 0 Å². The van der Waals surface area contributed by atoms with Crippen molar-refractivity contribution in [3.05, 3.63) is 12.2 Å². The van der Waals surface area contributed by atoms with Crippen LogP contribution < -0.4 is 0 Å². The van der Waals surface area contributed by atoms with Gasteiger partial charge < -0.3 is 9.47 Å². The molecule has 0 spiro atoms. The molecule has 4 fully saturated rings. The molecular weight excluding hydrogens is 232 g/mol. The van der Waals surface area contributed by atoms with E-state index < -0.39 is 0 Å². The Morgan fingerprint density at radius 1 is 1.39 bits per heavy atom. The summed E-state index contributed by atoms with van der Waals surface area (Å²) in [6, 6.07) is 0. The SMILES string of the molecule is C=C(C)C(=O)OC1CC2CCC1C1C(=O)OCC21. The molecule has 0 N–H and O–H groups in total. The van der Waals surface area contributed by atoms with Gasteiger partial charge in [-0.1, -0.05) is 6.58 Å². The average Bonchev–Trinajstić information content (AvgIpc) is 2.74. The lowest BCUT2D eigenvalue weighted by molar-refractivity contribution is -0.163. The van der Waals surface area contributed by atoms with Gasteiger partial charge in [-0.25, -0.2) is 4.79 Å². The first-order valence-corrected chi connectivity index (χ1v) is 6.61. The van der Waals surface area contributed by atoms with E-state index in [9.17, 15) is 9.59 Å². The van der Waals surface area contributed by atoms with Crippen LogP contribution in [0.4, 0.5) is 0 Å². The van der Waals surface area contributed by atoms with Gasteiger partial charge in [0, 0.05) is 17.4 Å². The summed E-state index contributed by atoms with van der Waals surface area (Å²) in [6.45, 7) is 5.81. The maximum absolute atomic E-state index is 11.8. The summed E-state index contributed by atoms with van der Waals surface area (Å²) in [5, 5.41) is 0. The quantitative estimate of drug-likeness (QED) is 0.553. The molecule has 4 heteroatoms. The molecule has 0 radical (unpaired) electrons. The fourth-order valence-corrected chi connectivity index (χ4v) is 3.83. The van der Waals surface area contributed by atoms with Crippen molar-refractivity contribution in [1.82, 2.24) is 0 Å². The first-order valence-electron chi connectivity index (χ1n) is 6.61. The van der Waals surface area contributed by atoms with E-state index in [1.54, 1.807) is 6.92 Å². The number of ether oxygens (including phenoxy) is 2. The molecule has 0 aromatic carbocycles. The average molecular weight is 250 g/mol. The van der Waals surface area contributed by atoms with Crippen LogP contribution >= 0.6 is 0 Å². The Kier molecular flexibility index (Phi) is 2.68. The van der Waals surface area contributed by atoms with E-state index in [1.807, 2.05) is 0 Å². The van der Waals surface area contributed by atoms with Crippen molar-refractivity contribution in [1.29, 1.82) is 0 Å². The van der Waals surface area contributed by atoms with E-state index in [2.05, 4.69) is 6.58 Å². The lowest BCUT2D eigenvalue weighted by Gasteiger charge is -2.47. The molecule has 3 saturated carbocycles. The monoisotopic (exact) mass is 250 g/mol. The molecule has 1 heterocycles. The van der Waals surface area contributed by atoms with Gasteiger partial charge in [-0.05, 0) is 32.1 Å². The van der Waals surface area contributed by atoms with Gasteiger partial charge in [0.1, 0.15) is 6.10 Å². The molecule has 0 aromatic rings. The van der Waals surface area contributed by atoms with E-state index in [0.717, 1.165) is 19.3 Å². The van der Waals surface area contributed by atoms with Crippen LogP contribution in [0.1, 0.15) is 26.2 Å². The van der Waals surface area contributed by atoms with Gasteiger partial charge in [0.2, 0.25) is 0 Å². The third-order valence-electron chi connectivity index (χ3n) is 4.71. The summed E-state index contributed by atoms with van der Waals surface area (Å²) in [5.41, 5.74) is 0.419. The van der Waals surface area contributed by atoms with Crippen LogP contribution in [-0.2, 0) is 19.1 Å². The Morgan fingerprint density at radius 2 is 2.17 bits per heavy atom. The molecule has 0 amide bonds. The highest BCUT2D eigenvalue weighted by Crippen LogP contribution is 2.52. The zero-order valence-electron chi connectivity index (χ0n) is 10.6. The topological polar surface area (TPSA) is 52.6 Å². The maximum Gasteiger partial charge on any atom is 0.333 e. The Labute approximate surface area is 106 Å². The molecule has 98 valence electrons. The number of hydrogen-bond donors (Lipinski definition) is 0. The molecule has 4 nitrogen and oxygen atoms in total. The van der Waals surface area contributed by atoms with Crippen molar-refractivity contribution in [3.8, 4) is 0 Å². The summed E-state index contributed by atoms with van der Waals surface area (Å²) in [6.07, 6.45) is 2.85. The van der Waals surface area contributed by atoms with E-state index in [1.165, 1.54) is 0 Å². The second kappa shape index (κ2) is 4.11. The molecule has 2 bridgehead atoms. The number of rotatable bonds is 2. The minimum absolute atomic E-state index is 0.0413. The van der Waals surface area contributed by atoms with Crippen LogP contribution in [0.2, 0.25) is 0 Å². The summed E-state index contributed by atoms with van der Waals surface area (Å²) in [4.78, 5) is 23.4. The number of carbonyl (C=O) groups excluding carboxylic acids is 2. The fraction of sp³-hybridized carbons (Fsp3) is 0.714. The van der Waals surface area contributed by atoms with Crippen molar-refractivity contribution in [2.75, 3.05) is 6.61 Å². The Balaban J connectivity index is 1.77. The van der Waals surface area contributed by atoms with E-state index in [4.69, 9.17) is 9.47 Å². The summed E-state index contributed by atoms with van der Waals surface area (Å²) >= 11 is 0. The normalized spacial score (nSPS) is 41.2. The minimum atomic E-state index is -0.338. The van der Waals surface area contributed by atoms with Gasteiger partial charge >= 0.3 is 11.9 Å². The van der Waals surface area contributed by atoms with E-state index >= 15 is 0 Å². The van der Waals surface area contributed by atoms with Crippen LogP contribution in [0.5, 0.6) is 0 Å². The molecule has 4 rings (SSSR count). The van der Waals surface area contributed by atoms with Gasteiger partial charge in [0.05, 0.1) is 12.5 Å². The summed E-state index contributed by atoms with van der Waals surface area (Å²) in [5.74, 6) is 0.505. The van der Waals surface area contributed by atoms with Gasteiger partial charge in [0.25, 0.3) is 0 Å². The van der Waals surface area contributed by atoms with E-state index in [0.29, 0.717) is 24.0 Å². The number of hydrogen-bond acceptors (Lipinski definition) is 4. The first-order chi connectivity index (χ1) is 8.58. The van der Waals surface area contributed by atoms with E-state index in [-0.39, 0.29) is 29.9 Å². The lowest BCUT2D eigenvalue weighted by atomic mass is 9.58. The third-order valence-corrected chi connectivity index (χ3v) is 4.71. The number of carbonyl (C=O) groups is 2. The van der Waals surface area contributed by atoms with Gasteiger partial charge in [-0.2, -0.15) is 0 Å². The van der Waals surface area contributed by atoms with Gasteiger partial charge in [0.15, 0.2) is 0 Å². The second-order valence-corrected chi connectivity index (χ2v) is 5.78. The highest BCUT2D eigenvalue weighted by atomic mass is 16.6. The summed E-state index contributed by atoms with van der Waals surface area (Å²) in [7, 11) is 0. The van der Waals surface area contributed by atoms with Crippen LogP contribution in [0.3, 0.4) is 0 Å². The highest BCUT2D eigenvalue weighted by Gasteiger charge is 2.56. The first kappa shape index (κ1) is 11.8. The van der Waals surface area contributed by atoms with Crippen molar-refractivity contribution in [2.45, 2.75) is 32.3 Å². The molecule has 5 unspecified atom stereocenters. The largest absolute Gasteiger partial charge is 0.465 e. The third kappa shape index (κ3) is 1.66. The second-order valence-electron chi connectivity index (χ2n) is 5.78. The molecule has 5 atom stereocenters. The maximum atomic E-state index is 11.8. The number of cyclic esters (lactones) is 1. The zero-order chi connectivity index (χ0) is 12.9. The van der Waals surface area contributed by atoms with Gasteiger partial charge in [-0.15, -0.1) is 0 Å². The molecule has 1 aliphatic heterocycles. The van der Waals surface area contributed by atoms with Crippen LogP contribution in [0.25, 0.3) is 0 Å². The van der Waals surface area contributed by atoms with Crippen LogP contribution in [0.15, 0.2) is 12.2 Å². The Hall–Kier alpha value is -1.32. The predicted molar refractivity (Wildman–Crippen MR) is 63.5 cm³/mol. The van der Waals surface area contributed by atoms with Crippen LogP contribution in [-0.4, -0.2) is 24.6 Å². The van der Waals surface area contributed by atoms with Crippen LogP contribution in [0, 0.1) is 23.7 Å². The summed E-state index contributed by atoms with van der Waals surface area (Å²) < 4.78 is 10.7. The minimum Gasteiger partial charge on any atom is -0.465 e. The molecule has 18 heavy (non-hydrogen) atoms. The molecule has 3 aliphatic carbocycles. The Bertz CT molecular complexity index is 414. The van der Waals surface area contributed by atoms with Crippen molar-refractivity contribution in [2.24, 2.45) is 23.7 Å². The molecule has 4 aliphatic rings. The fourth-order valence-electron chi connectivity index (χ4n) is 3.83. The number of fused-ring (bicyclic) bond motifs is 2.